The van der Waals surface area contributed by atoms with Gasteiger partial charge in [-0.25, -0.2) is 0 Å². The van der Waals surface area contributed by atoms with Crippen molar-refractivity contribution in [3.8, 4) is 0 Å². The van der Waals surface area contributed by atoms with E-state index in [1.54, 1.807) is 0 Å². The molecule has 0 amide bonds. The summed E-state index contributed by atoms with van der Waals surface area (Å²) < 4.78 is 0. The maximum Gasteiger partial charge on any atom is 0.0198 e. The minimum absolute atomic E-state index is 0.741. The third-order valence-corrected chi connectivity index (χ3v) is 3.25. The van der Waals surface area contributed by atoms with Crippen LogP contribution in [0.4, 0.5) is 0 Å². The van der Waals surface area contributed by atoms with E-state index in [4.69, 9.17) is 0 Å². The predicted octanol–water partition coefficient (Wildman–Crippen LogP) is 2.50. The molecule has 2 heteroatoms. The molecule has 1 fully saturated rings. The van der Waals surface area contributed by atoms with Crippen molar-refractivity contribution in [1.29, 1.82) is 0 Å². The molecular formula is C13H28N2. The van der Waals surface area contributed by atoms with Gasteiger partial charge in [0.05, 0.1) is 0 Å². The van der Waals surface area contributed by atoms with Gasteiger partial charge in [-0.2, -0.15) is 0 Å². The van der Waals surface area contributed by atoms with Crippen LogP contribution in [-0.2, 0) is 0 Å². The van der Waals surface area contributed by atoms with Gasteiger partial charge >= 0.3 is 0 Å². The number of rotatable bonds is 6. The molecule has 0 aromatic rings. The second-order valence-corrected chi connectivity index (χ2v) is 5.11. The Hall–Kier alpha value is -0.0800. The van der Waals surface area contributed by atoms with E-state index in [1.807, 2.05) is 0 Å². The first-order chi connectivity index (χ1) is 7.26. The van der Waals surface area contributed by atoms with Gasteiger partial charge in [-0.05, 0) is 38.3 Å². The van der Waals surface area contributed by atoms with E-state index in [0.29, 0.717) is 0 Å². The summed E-state index contributed by atoms with van der Waals surface area (Å²) >= 11 is 0. The Morgan fingerprint density at radius 2 is 2.00 bits per heavy atom. The highest BCUT2D eigenvalue weighted by molar-refractivity contribution is 4.81. The molecule has 1 heterocycles. The fourth-order valence-corrected chi connectivity index (χ4v) is 2.52. The summed E-state index contributed by atoms with van der Waals surface area (Å²) in [5.41, 5.74) is 0. The molecular weight excluding hydrogens is 184 g/mol. The van der Waals surface area contributed by atoms with E-state index in [9.17, 15) is 0 Å². The van der Waals surface area contributed by atoms with Crippen LogP contribution in [0.15, 0.2) is 0 Å². The van der Waals surface area contributed by atoms with Gasteiger partial charge in [0.1, 0.15) is 0 Å². The summed E-state index contributed by atoms with van der Waals surface area (Å²) in [7, 11) is 0. The average Bonchev–Trinajstić information content (AvgIpc) is 2.23. The SMILES string of the molecule is CCCCN1CC(C)CC(NCCC)C1. The van der Waals surface area contributed by atoms with E-state index in [2.05, 4.69) is 31.0 Å². The van der Waals surface area contributed by atoms with Crippen molar-refractivity contribution in [2.75, 3.05) is 26.2 Å². The Morgan fingerprint density at radius 3 is 2.67 bits per heavy atom. The molecule has 2 atom stereocenters. The van der Waals surface area contributed by atoms with E-state index in [-0.39, 0.29) is 0 Å². The number of hydrogen-bond acceptors (Lipinski definition) is 2. The normalized spacial score (nSPS) is 28.2. The molecule has 15 heavy (non-hydrogen) atoms. The summed E-state index contributed by atoms with van der Waals surface area (Å²) in [5.74, 6) is 0.866. The van der Waals surface area contributed by atoms with Crippen molar-refractivity contribution >= 4 is 0 Å². The fraction of sp³-hybridized carbons (Fsp3) is 1.00. The lowest BCUT2D eigenvalue weighted by Crippen LogP contribution is -2.49. The minimum atomic E-state index is 0.741. The summed E-state index contributed by atoms with van der Waals surface area (Å²) in [6, 6.07) is 0.741. The monoisotopic (exact) mass is 212 g/mol. The van der Waals surface area contributed by atoms with Gasteiger partial charge in [-0.1, -0.05) is 27.2 Å². The molecule has 0 aromatic carbocycles. The number of likely N-dealkylation sites (tertiary alicyclic amines) is 1. The third kappa shape index (κ3) is 4.98. The van der Waals surface area contributed by atoms with Crippen molar-refractivity contribution in [3.63, 3.8) is 0 Å². The third-order valence-electron chi connectivity index (χ3n) is 3.25. The molecule has 1 aliphatic heterocycles. The quantitative estimate of drug-likeness (QED) is 0.728. The van der Waals surface area contributed by atoms with Crippen LogP contribution in [0.25, 0.3) is 0 Å². The Morgan fingerprint density at radius 1 is 1.20 bits per heavy atom. The molecule has 0 spiro atoms. The van der Waals surface area contributed by atoms with E-state index in [1.165, 1.54) is 51.9 Å². The molecule has 1 N–H and O–H groups in total. The molecule has 1 saturated heterocycles. The van der Waals surface area contributed by atoms with Crippen LogP contribution in [0, 0.1) is 5.92 Å². The van der Waals surface area contributed by atoms with Crippen molar-refractivity contribution in [3.05, 3.63) is 0 Å². The van der Waals surface area contributed by atoms with Gasteiger partial charge in [-0.15, -0.1) is 0 Å². The lowest BCUT2D eigenvalue weighted by atomic mass is 9.95. The molecule has 0 saturated carbocycles. The molecule has 0 radical (unpaired) electrons. The van der Waals surface area contributed by atoms with Gasteiger partial charge < -0.3 is 10.2 Å². The van der Waals surface area contributed by atoms with Gasteiger partial charge in [0, 0.05) is 19.1 Å². The summed E-state index contributed by atoms with van der Waals surface area (Å²) in [5, 5.41) is 3.67. The second-order valence-electron chi connectivity index (χ2n) is 5.11. The molecule has 1 rings (SSSR count). The zero-order valence-electron chi connectivity index (χ0n) is 10.8. The Bertz CT molecular complexity index is 143. The van der Waals surface area contributed by atoms with Gasteiger partial charge in [0.2, 0.25) is 0 Å². The number of unbranched alkanes of at least 4 members (excludes halogenated alkanes) is 1. The average molecular weight is 212 g/mol. The van der Waals surface area contributed by atoms with Crippen LogP contribution in [-0.4, -0.2) is 37.1 Å². The van der Waals surface area contributed by atoms with Crippen LogP contribution in [0.2, 0.25) is 0 Å². The maximum absolute atomic E-state index is 3.67. The standard InChI is InChI=1S/C13H28N2/c1-4-6-8-15-10-12(3)9-13(11-15)14-7-5-2/h12-14H,4-11H2,1-3H3. The van der Waals surface area contributed by atoms with Crippen molar-refractivity contribution < 1.29 is 0 Å². The van der Waals surface area contributed by atoms with Crippen molar-refractivity contribution in [1.82, 2.24) is 10.2 Å². The highest BCUT2D eigenvalue weighted by atomic mass is 15.2. The number of piperidine rings is 1. The van der Waals surface area contributed by atoms with Crippen LogP contribution in [0.5, 0.6) is 0 Å². The largest absolute Gasteiger partial charge is 0.313 e. The van der Waals surface area contributed by atoms with Crippen LogP contribution < -0.4 is 5.32 Å². The smallest absolute Gasteiger partial charge is 0.0198 e. The first kappa shape index (κ1) is 13.0. The Labute approximate surface area is 95.4 Å². The van der Waals surface area contributed by atoms with Gasteiger partial charge in [0.15, 0.2) is 0 Å². The Balaban J connectivity index is 2.27. The topological polar surface area (TPSA) is 15.3 Å². The molecule has 90 valence electrons. The molecule has 2 unspecified atom stereocenters. The van der Waals surface area contributed by atoms with Crippen molar-refractivity contribution in [2.45, 2.75) is 52.5 Å². The number of nitrogens with one attached hydrogen (secondary N) is 1. The maximum atomic E-state index is 3.67. The lowest BCUT2D eigenvalue weighted by Gasteiger charge is -2.37. The zero-order chi connectivity index (χ0) is 11.1. The van der Waals surface area contributed by atoms with Crippen molar-refractivity contribution in [2.24, 2.45) is 5.92 Å². The van der Waals surface area contributed by atoms with Crippen LogP contribution >= 0.6 is 0 Å². The summed E-state index contributed by atoms with van der Waals surface area (Å²) in [6.45, 7) is 12.0. The minimum Gasteiger partial charge on any atom is -0.313 e. The molecule has 0 aliphatic carbocycles. The fourth-order valence-electron chi connectivity index (χ4n) is 2.52. The first-order valence-electron chi connectivity index (χ1n) is 6.72. The summed E-state index contributed by atoms with van der Waals surface area (Å²) in [6.07, 6.45) is 5.29. The van der Waals surface area contributed by atoms with Gasteiger partial charge in [-0.3, -0.25) is 0 Å². The molecule has 2 nitrogen and oxygen atoms in total. The van der Waals surface area contributed by atoms with Crippen LogP contribution in [0.3, 0.4) is 0 Å². The second kappa shape index (κ2) is 7.24. The first-order valence-corrected chi connectivity index (χ1v) is 6.72. The lowest BCUT2D eigenvalue weighted by molar-refractivity contribution is 0.147. The molecule has 1 aliphatic rings. The Kier molecular flexibility index (Phi) is 6.26. The number of nitrogens with zero attached hydrogens (tertiary/aromatic N) is 1. The van der Waals surface area contributed by atoms with E-state index >= 15 is 0 Å². The highest BCUT2D eigenvalue weighted by Gasteiger charge is 2.23. The number of hydrogen-bond donors (Lipinski definition) is 1. The molecule has 0 aromatic heterocycles. The predicted molar refractivity (Wildman–Crippen MR) is 67.2 cm³/mol. The van der Waals surface area contributed by atoms with Crippen LogP contribution in [0.1, 0.15) is 46.5 Å². The molecule has 0 bridgehead atoms. The van der Waals surface area contributed by atoms with E-state index < -0.39 is 0 Å². The highest BCUT2D eigenvalue weighted by Crippen LogP contribution is 2.16. The zero-order valence-corrected chi connectivity index (χ0v) is 10.8. The van der Waals surface area contributed by atoms with E-state index in [0.717, 1.165) is 12.0 Å². The van der Waals surface area contributed by atoms with Gasteiger partial charge in [0.25, 0.3) is 0 Å². The summed E-state index contributed by atoms with van der Waals surface area (Å²) in [4.78, 5) is 2.64.